The fourth-order valence-electron chi connectivity index (χ4n) is 4.46. The molecule has 2 aliphatic rings. The number of rotatable bonds is 2. The second kappa shape index (κ2) is 5.62. The van der Waals surface area contributed by atoms with Crippen molar-refractivity contribution in [2.45, 2.75) is 38.0 Å². The fraction of sp³-hybridized carbons (Fsp3) is 0.579. The number of fused-ring (bicyclic) bond motifs is 3. The minimum atomic E-state index is 0.755. The van der Waals surface area contributed by atoms with Gasteiger partial charge < -0.3 is 4.90 Å². The molecule has 0 radical (unpaired) electrons. The highest BCUT2D eigenvalue weighted by molar-refractivity contribution is 5.43. The lowest BCUT2D eigenvalue weighted by molar-refractivity contribution is 0.146. The fourth-order valence-corrected chi connectivity index (χ4v) is 4.46. The van der Waals surface area contributed by atoms with Gasteiger partial charge in [-0.05, 0) is 80.8 Å². The van der Waals surface area contributed by atoms with Crippen LogP contribution in [0.25, 0.3) is 0 Å². The van der Waals surface area contributed by atoms with Gasteiger partial charge in [-0.1, -0.05) is 18.4 Å². The van der Waals surface area contributed by atoms with Crippen molar-refractivity contribution < 1.29 is 0 Å². The lowest BCUT2D eigenvalue weighted by Gasteiger charge is -2.43. The third-order valence-electron chi connectivity index (χ3n) is 5.27. The second-order valence-electron chi connectivity index (χ2n) is 6.82. The molecule has 1 saturated carbocycles. The molecule has 0 amide bonds. The first kappa shape index (κ1) is 13.7. The Balaban J connectivity index is 1.90. The molecule has 0 bridgehead atoms. The molecule has 3 unspecified atom stereocenters. The maximum Gasteiger partial charge on any atom is 0.0245 e. The molecular weight excluding hydrogens is 242 g/mol. The highest BCUT2D eigenvalue weighted by Gasteiger charge is 2.37. The van der Waals surface area contributed by atoms with E-state index in [0.29, 0.717) is 0 Å². The van der Waals surface area contributed by atoms with E-state index < -0.39 is 0 Å². The average Bonchev–Trinajstić information content (AvgIpc) is 2.46. The van der Waals surface area contributed by atoms with E-state index in [0.717, 1.165) is 23.3 Å². The Kier molecular flexibility index (Phi) is 3.85. The number of nitrogens with zero attached hydrogens (tertiary/aromatic N) is 1. The van der Waals surface area contributed by atoms with Crippen LogP contribution in [-0.2, 0) is 6.42 Å². The van der Waals surface area contributed by atoms with Crippen LogP contribution in [0.3, 0.4) is 0 Å². The Labute approximate surface area is 123 Å². The molecule has 2 aliphatic carbocycles. The summed E-state index contributed by atoms with van der Waals surface area (Å²) in [5.74, 6) is 5.30. The van der Waals surface area contributed by atoms with Crippen molar-refractivity contribution in [1.29, 1.82) is 0 Å². The van der Waals surface area contributed by atoms with Gasteiger partial charge in [-0.2, -0.15) is 0 Å². The lowest BCUT2D eigenvalue weighted by atomic mass is 9.63. The van der Waals surface area contributed by atoms with Crippen LogP contribution in [0.5, 0.6) is 0 Å². The molecule has 20 heavy (non-hydrogen) atoms. The monoisotopic (exact) mass is 267 g/mol. The van der Waals surface area contributed by atoms with Gasteiger partial charge in [0.05, 0.1) is 0 Å². The van der Waals surface area contributed by atoms with E-state index in [-0.39, 0.29) is 0 Å². The number of terminal acetylenes is 1. The van der Waals surface area contributed by atoms with E-state index in [4.69, 9.17) is 6.42 Å². The van der Waals surface area contributed by atoms with Crippen molar-refractivity contribution in [1.82, 2.24) is 4.90 Å². The number of benzene rings is 1. The summed E-state index contributed by atoms with van der Waals surface area (Å²) in [5.41, 5.74) is 4.18. The Bertz CT molecular complexity index is 523. The minimum absolute atomic E-state index is 0.755. The van der Waals surface area contributed by atoms with Crippen LogP contribution in [0.1, 0.15) is 48.3 Å². The van der Waals surface area contributed by atoms with Crippen molar-refractivity contribution in [2.24, 2.45) is 11.8 Å². The molecule has 1 nitrogen and oxygen atoms in total. The van der Waals surface area contributed by atoms with Crippen molar-refractivity contribution >= 4 is 0 Å². The molecule has 0 spiro atoms. The summed E-state index contributed by atoms with van der Waals surface area (Å²) in [4.78, 5) is 2.36. The molecule has 106 valence electrons. The predicted molar refractivity (Wildman–Crippen MR) is 84.8 cm³/mol. The number of hydrogen-bond acceptors (Lipinski definition) is 1. The molecule has 0 heterocycles. The summed E-state index contributed by atoms with van der Waals surface area (Å²) in [6.07, 6.45) is 12.3. The molecule has 1 heteroatoms. The van der Waals surface area contributed by atoms with E-state index in [2.05, 4.69) is 43.1 Å². The molecule has 0 saturated heterocycles. The largest absolute Gasteiger partial charge is 0.309 e. The van der Waals surface area contributed by atoms with Gasteiger partial charge in [0.25, 0.3) is 0 Å². The third kappa shape index (κ3) is 2.50. The van der Waals surface area contributed by atoms with Crippen LogP contribution >= 0.6 is 0 Å². The van der Waals surface area contributed by atoms with E-state index in [1.807, 2.05) is 0 Å². The SMILES string of the molecule is C#Cc1ccc2c(c1)C1CCCC(CN(C)C)C1CC2. The Morgan fingerprint density at radius 1 is 1.25 bits per heavy atom. The van der Waals surface area contributed by atoms with Gasteiger partial charge in [0.2, 0.25) is 0 Å². The van der Waals surface area contributed by atoms with Crippen molar-refractivity contribution in [3.63, 3.8) is 0 Å². The summed E-state index contributed by atoms with van der Waals surface area (Å²) in [6.45, 7) is 1.24. The van der Waals surface area contributed by atoms with Gasteiger partial charge in [0.1, 0.15) is 0 Å². The summed E-state index contributed by atoms with van der Waals surface area (Å²) < 4.78 is 0. The van der Waals surface area contributed by atoms with E-state index in [1.54, 1.807) is 11.1 Å². The Morgan fingerprint density at radius 2 is 2.10 bits per heavy atom. The molecule has 0 N–H and O–H groups in total. The smallest absolute Gasteiger partial charge is 0.0245 e. The van der Waals surface area contributed by atoms with Crippen LogP contribution in [0, 0.1) is 24.2 Å². The zero-order valence-electron chi connectivity index (χ0n) is 12.7. The van der Waals surface area contributed by atoms with Crippen molar-refractivity contribution in [3.05, 3.63) is 34.9 Å². The first-order valence-electron chi connectivity index (χ1n) is 7.93. The van der Waals surface area contributed by atoms with Crippen molar-refractivity contribution in [3.8, 4) is 12.3 Å². The highest BCUT2D eigenvalue weighted by Crippen LogP contribution is 2.48. The molecular formula is C19H25N. The van der Waals surface area contributed by atoms with Gasteiger partial charge in [0.15, 0.2) is 0 Å². The van der Waals surface area contributed by atoms with Crippen LogP contribution in [-0.4, -0.2) is 25.5 Å². The minimum Gasteiger partial charge on any atom is -0.309 e. The maximum atomic E-state index is 5.59. The molecule has 0 aromatic heterocycles. The summed E-state index contributed by atoms with van der Waals surface area (Å²) in [5, 5.41) is 0. The van der Waals surface area contributed by atoms with Crippen LogP contribution < -0.4 is 0 Å². The zero-order valence-corrected chi connectivity index (χ0v) is 12.7. The van der Waals surface area contributed by atoms with Gasteiger partial charge >= 0.3 is 0 Å². The summed E-state index contributed by atoms with van der Waals surface area (Å²) in [7, 11) is 4.41. The van der Waals surface area contributed by atoms with E-state index in [1.165, 1.54) is 38.6 Å². The Hall–Kier alpha value is -1.26. The predicted octanol–water partition coefficient (Wildman–Crippen LogP) is 3.68. The van der Waals surface area contributed by atoms with Crippen LogP contribution in [0.15, 0.2) is 18.2 Å². The standard InChI is InChI=1S/C19H25N/c1-4-14-8-9-15-10-11-17-16(13-20(2)3)6-5-7-18(17)19(15)12-14/h1,8-9,12,16-18H,5-7,10-11,13H2,2-3H3. The maximum absolute atomic E-state index is 5.59. The number of hydrogen-bond donors (Lipinski definition) is 0. The molecule has 1 fully saturated rings. The summed E-state index contributed by atoms with van der Waals surface area (Å²) >= 11 is 0. The normalized spacial score (nSPS) is 28.6. The molecule has 3 atom stereocenters. The van der Waals surface area contributed by atoms with Gasteiger partial charge in [-0.15, -0.1) is 6.42 Å². The van der Waals surface area contributed by atoms with Crippen molar-refractivity contribution in [2.75, 3.05) is 20.6 Å². The Morgan fingerprint density at radius 3 is 2.85 bits per heavy atom. The third-order valence-corrected chi connectivity index (χ3v) is 5.27. The molecule has 1 aromatic carbocycles. The number of aryl methyl sites for hydroxylation is 1. The molecule has 3 rings (SSSR count). The van der Waals surface area contributed by atoms with E-state index in [9.17, 15) is 0 Å². The van der Waals surface area contributed by atoms with Gasteiger partial charge in [-0.25, -0.2) is 0 Å². The second-order valence-corrected chi connectivity index (χ2v) is 6.82. The van der Waals surface area contributed by atoms with Gasteiger partial charge in [0, 0.05) is 12.1 Å². The lowest BCUT2D eigenvalue weighted by Crippen LogP contribution is -2.36. The molecule has 1 aromatic rings. The molecule has 0 aliphatic heterocycles. The zero-order chi connectivity index (χ0) is 14.1. The highest BCUT2D eigenvalue weighted by atomic mass is 15.1. The first-order chi connectivity index (χ1) is 9.69. The topological polar surface area (TPSA) is 3.24 Å². The van der Waals surface area contributed by atoms with Gasteiger partial charge in [-0.3, -0.25) is 0 Å². The average molecular weight is 267 g/mol. The van der Waals surface area contributed by atoms with E-state index >= 15 is 0 Å². The first-order valence-corrected chi connectivity index (χ1v) is 7.93. The summed E-state index contributed by atoms with van der Waals surface area (Å²) in [6, 6.07) is 6.68. The van der Waals surface area contributed by atoms with Crippen LogP contribution in [0.4, 0.5) is 0 Å². The quantitative estimate of drug-likeness (QED) is 0.739. The van der Waals surface area contributed by atoms with Crippen LogP contribution in [0.2, 0.25) is 0 Å².